The van der Waals surface area contributed by atoms with E-state index in [2.05, 4.69) is 4.98 Å². The summed E-state index contributed by atoms with van der Waals surface area (Å²) >= 11 is 0. The molecule has 0 bridgehead atoms. The van der Waals surface area contributed by atoms with Gasteiger partial charge in [0.2, 0.25) is 0 Å². The number of nitriles is 1. The van der Waals surface area contributed by atoms with Gasteiger partial charge in [-0.15, -0.1) is 0 Å². The number of carboxylic acid groups (broad SMARTS) is 1. The van der Waals surface area contributed by atoms with E-state index in [0.29, 0.717) is 32.0 Å². The smallest absolute Gasteiger partial charge is 0.337 e. The molecule has 0 spiro atoms. The lowest BCUT2D eigenvalue weighted by atomic mass is 10.1. The van der Waals surface area contributed by atoms with Crippen molar-refractivity contribution in [3.05, 3.63) is 23.5 Å². The number of carboxylic acids is 1. The first-order valence-electron chi connectivity index (χ1n) is 5.18. The molecule has 2 heterocycles. The molecule has 1 aromatic rings. The van der Waals surface area contributed by atoms with Crippen molar-refractivity contribution in [2.24, 2.45) is 0 Å². The molecular weight excluding hydrogens is 222 g/mol. The van der Waals surface area contributed by atoms with Crippen LogP contribution in [0.2, 0.25) is 0 Å². The van der Waals surface area contributed by atoms with Gasteiger partial charge in [-0.2, -0.15) is 5.26 Å². The van der Waals surface area contributed by atoms with Crippen molar-refractivity contribution in [1.82, 2.24) is 4.98 Å². The zero-order chi connectivity index (χ0) is 12.3. The second-order valence-corrected chi connectivity index (χ2v) is 3.60. The highest BCUT2D eigenvalue weighted by Crippen LogP contribution is 2.21. The van der Waals surface area contributed by atoms with Gasteiger partial charge in [0, 0.05) is 13.1 Å². The molecule has 0 amide bonds. The molecule has 1 saturated heterocycles. The Kier molecular flexibility index (Phi) is 3.21. The number of hydrogen-bond acceptors (Lipinski definition) is 5. The average Bonchev–Trinajstić information content (AvgIpc) is 2.39. The topological polar surface area (TPSA) is 86.5 Å². The zero-order valence-corrected chi connectivity index (χ0v) is 9.09. The van der Waals surface area contributed by atoms with E-state index >= 15 is 0 Å². The molecule has 1 aliphatic rings. The minimum atomic E-state index is -1.05. The Balaban J connectivity index is 2.38. The van der Waals surface area contributed by atoms with Crippen LogP contribution in [0, 0.1) is 11.3 Å². The third-order valence-corrected chi connectivity index (χ3v) is 2.58. The van der Waals surface area contributed by atoms with E-state index in [1.165, 1.54) is 12.3 Å². The van der Waals surface area contributed by atoms with Crippen LogP contribution >= 0.6 is 0 Å². The Labute approximate surface area is 98.1 Å². The van der Waals surface area contributed by atoms with E-state index in [1.54, 1.807) is 0 Å². The molecule has 0 aliphatic carbocycles. The molecular formula is C11H11N3O3. The minimum Gasteiger partial charge on any atom is -0.478 e. The summed E-state index contributed by atoms with van der Waals surface area (Å²) in [6.45, 7) is 2.40. The predicted molar refractivity (Wildman–Crippen MR) is 58.9 cm³/mol. The van der Waals surface area contributed by atoms with Crippen LogP contribution in [-0.2, 0) is 4.74 Å². The molecule has 0 atom stereocenters. The van der Waals surface area contributed by atoms with Gasteiger partial charge in [-0.1, -0.05) is 0 Å². The molecule has 2 rings (SSSR count). The fourth-order valence-corrected chi connectivity index (χ4v) is 1.74. The van der Waals surface area contributed by atoms with E-state index in [1.807, 2.05) is 11.0 Å². The van der Waals surface area contributed by atoms with Gasteiger partial charge in [0.15, 0.2) is 0 Å². The van der Waals surface area contributed by atoms with Crippen LogP contribution in [0.4, 0.5) is 5.69 Å². The summed E-state index contributed by atoms with van der Waals surface area (Å²) in [5, 5.41) is 17.8. The second-order valence-electron chi connectivity index (χ2n) is 3.60. The molecule has 0 radical (unpaired) electrons. The molecule has 6 nitrogen and oxygen atoms in total. The van der Waals surface area contributed by atoms with Crippen molar-refractivity contribution in [2.45, 2.75) is 0 Å². The first-order valence-corrected chi connectivity index (χ1v) is 5.18. The maximum absolute atomic E-state index is 11.1. The van der Waals surface area contributed by atoms with Crippen molar-refractivity contribution < 1.29 is 14.6 Å². The molecule has 17 heavy (non-hydrogen) atoms. The summed E-state index contributed by atoms with van der Waals surface area (Å²) in [5.41, 5.74) is 0.762. The maximum Gasteiger partial charge on any atom is 0.337 e. The Bertz CT molecular complexity index is 475. The van der Waals surface area contributed by atoms with E-state index in [9.17, 15) is 4.79 Å². The largest absolute Gasteiger partial charge is 0.478 e. The first kappa shape index (κ1) is 11.4. The number of aromatic carboxylic acids is 1. The molecule has 0 aromatic carbocycles. The maximum atomic E-state index is 11.1. The van der Waals surface area contributed by atoms with Crippen molar-refractivity contribution in [1.29, 1.82) is 5.26 Å². The molecule has 1 aromatic heterocycles. The third kappa shape index (κ3) is 2.34. The SMILES string of the molecule is N#Cc1cc(C(=O)O)c(N2CCOCC2)cn1. The fourth-order valence-electron chi connectivity index (χ4n) is 1.74. The van der Waals surface area contributed by atoms with E-state index in [0.717, 1.165) is 0 Å². The van der Waals surface area contributed by atoms with Crippen LogP contribution in [0.1, 0.15) is 16.1 Å². The lowest BCUT2D eigenvalue weighted by molar-refractivity contribution is 0.0696. The number of morpholine rings is 1. The van der Waals surface area contributed by atoms with Crippen LogP contribution in [0.5, 0.6) is 0 Å². The molecule has 0 saturated carbocycles. The highest BCUT2D eigenvalue weighted by molar-refractivity contribution is 5.94. The van der Waals surface area contributed by atoms with E-state index in [4.69, 9.17) is 15.1 Å². The van der Waals surface area contributed by atoms with Gasteiger partial charge in [0.1, 0.15) is 11.8 Å². The van der Waals surface area contributed by atoms with Crippen molar-refractivity contribution >= 4 is 11.7 Å². The molecule has 1 aliphatic heterocycles. The van der Waals surface area contributed by atoms with Gasteiger partial charge in [-0.25, -0.2) is 9.78 Å². The van der Waals surface area contributed by atoms with Crippen molar-refractivity contribution in [2.75, 3.05) is 31.2 Å². The Morgan fingerprint density at radius 1 is 1.53 bits per heavy atom. The average molecular weight is 233 g/mol. The van der Waals surface area contributed by atoms with Crippen LogP contribution in [0.3, 0.4) is 0 Å². The summed E-state index contributed by atoms with van der Waals surface area (Å²) < 4.78 is 5.20. The van der Waals surface area contributed by atoms with Gasteiger partial charge >= 0.3 is 5.97 Å². The number of nitrogens with zero attached hydrogens (tertiary/aromatic N) is 3. The van der Waals surface area contributed by atoms with Crippen LogP contribution < -0.4 is 4.90 Å². The zero-order valence-electron chi connectivity index (χ0n) is 9.09. The van der Waals surface area contributed by atoms with Gasteiger partial charge in [0.25, 0.3) is 0 Å². The Morgan fingerprint density at radius 3 is 2.82 bits per heavy atom. The summed E-state index contributed by atoms with van der Waals surface area (Å²) in [5.74, 6) is -1.05. The number of aromatic nitrogens is 1. The van der Waals surface area contributed by atoms with Gasteiger partial charge in [0.05, 0.1) is 30.7 Å². The van der Waals surface area contributed by atoms with Crippen LogP contribution in [0.25, 0.3) is 0 Å². The Morgan fingerprint density at radius 2 is 2.24 bits per heavy atom. The fraction of sp³-hybridized carbons (Fsp3) is 0.364. The normalized spacial score (nSPS) is 15.4. The van der Waals surface area contributed by atoms with Crippen molar-refractivity contribution in [3.63, 3.8) is 0 Å². The standard InChI is InChI=1S/C11H11N3O3/c12-6-8-5-9(11(15)16)10(7-13-8)14-1-3-17-4-2-14/h5,7H,1-4H2,(H,15,16). The van der Waals surface area contributed by atoms with Crippen LogP contribution in [-0.4, -0.2) is 42.4 Å². The molecule has 88 valence electrons. The molecule has 0 unspecified atom stereocenters. The molecule has 6 heteroatoms. The molecule has 1 fully saturated rings. The highest BCUT2D eigenvalue weighted by Gasteiger charge is 2.19. The van der Waals surface area contributed by atoms with E-state index in [-0.39, 0.29) is 11.3 Å². The quantitative estimate of drug-likeness (QED) is 0.799. The Hall–Kier alpha value is -2.13. The second kappa shape index (κ2) is 4.80. The number of ether oxygens (including phenoxy) is 1. The number of pyridine rings is 1. The van der Waals surface area contributed by atoms with E-state index < -0.39 is 5.97 Å². The number of anilines is 1. The first-order chi connectivity index (χ1) is 8.22. The summed E-state index contributed by atoms with van der Waals surface area (Å²) in [4.78, 5) is 16.9. The van der Waals surface area contributed by atoms with Gasteiger partial charge < -0.3 is 14.7 Å². The minimum absolute atomic E-state index is 0.110. The molecule has 1 N–H and O–H groups in total. The lowest BCUT2D eigenvalue weighted by Crippen LogP contribution is -2.37. The number of hydrogen-bond donors (Lipinski definition) is 1. The monoisotopic (exact) mass is 233 g/mol. The summed E-state index contributed by atoms with van der Waals surface area (Å²) in [6.07, 6.45) is 1.44. The van der Waals surface area contributed by atoms with Gasteiger partial charge in [-0.3, -0.25) is 0 Å². The number of rotatable bonds is 2. The highest BCUT2D eigenvalue weighted by atomic mass is 16.5. The summed E-state index contributed by atoms with van der Waals surface area (Å²) in [7, 11) is 0. The summed E-state index contributed by atoms with van der Waals surface area (Å²) in [6, 6.07) is 3.13. The number of carbonyl (C=O) groups is 1. The van der Waals surface area contributed by atoms with Gasteiger partial charge in [-0.05, 0) is 6.07 Å². The van der Waals surface area contributed by atoms with Crippen molar-refractivity contribution in [3.8, 4) is 6.07 Å². The third-order valence-electron chi connectivity index (χ3n) is 2.58. The van der Waals surface area contributed by atoms with Crippen LogP contribution in [0.15, 0.2) is 12.3 Å². The predicted octanol–water partition coefficient (Wildman–Crippen LogP) is 0.488. The lowest BCUT2D eigenvalue weighted by Gasteiger charge is -2.29.